The van der Waals surface area contributed by atoms with Gasteiger partial charge in [-0.3, -0.25) is 4.79 Å². The van der Waals surface area contributed by atoms with Gasteiger partial charge in [0.15, 0.2) is 11.5 Å². The molecule has 0 spiro atoms. The summed E-state index contributed by atoms with van der Waals surface area (Å²) in [6, 6.07) is 4.37. The zero-order valence-electron chi connectivity index (χ0n) is 9.65. The van der Waals surface area contributed by atoms with Crippen molar-refractivity contribution in [1.82, 2.24) is 5.32 Å². The van der Waals surface area contributed by atoms with Crippen LogP contribution in [0.2, 0.25) is 0 Å². The van der Waals surface area contributed by atoms with Crippen LogP contribution in [0.15, 0.2) is 18.2 Å². The lowest BCUT2D eigenvalue weighted by molar-refractivity contribution is 0.0949. The second-order valence-corrected chi connectivity index (χ2v) is 4.51. The highest BCUT2D eigenvalue weighted by Crippen LogP contribution is 2.33. The summed E-state index contributed by atoms with van der Waals surface area (Å²) in [4.78, 5) is 11.7. The number of hydrogen-bond acceptors (Lipinski definition) is 3. The Morgan fingerprint density at radius 2 is 2.12 bits per heavy atom. The maximum absolute atomic E-state index is 11.7. The molecule has 1 aliphatic carbocycles. The van der Waals surface area contributed by atoms with E-state index < -0.39 is 0 Å². The Labute approximate surface area is 100 Å². The van der Waals surface area contributed by atoms with Gasteiger partial charge in [0.25, 0.3) is 5.91 Å². The summed E-state index contributed by atoms with van der Waals surface area (Å²) in [5.74, 6) is -0.0990. The summed E-state index contributed by atoms with van der Waals surface area (Å²) in [6.07, 6.45) is 4.77. The molecule has 1 amide bonds. The third-order valence-corrected chi connectivity index (χ3v) is 3.03. The largest absolute Gasteiger partial charge is 0.504 e. The fraction of sp³-hybridized carbons (Fsp3) is 0.462. The molecule has 3 N–H and O–H groups in total. The number of benzene rings is 1. The molecule has 17 heavy (non-hydrogen) atoms. The van der Waals surface area contributed by atoms with E-state index in [2.05, 4.69) is 5.32 Å². The minimum absolute atomic E-state index is 0.122. The lowest BCUT2D eigenvalue weighted by atomic mass is 10.1. The molecule has 1 saturated carbocycles. The molecular weight excluding hydrogens is 218 g/mol. The van der Waals surface area contributed by atoms with Crippen molar-refractivity contribution >= 4 is 5.91 Å². The molecule has 0 atom stereocenters. The van der Waals surface area contributed by atoms with Gasteiger partial charge in [0.05, 0.1) is 5.56 Å². The Bertz CT molecular complexity index is 413. The lowest BCUT2D eigenvalue weighted by Gasteiger charge is -2.07. The summed E-state index contributed by atoms with van der Waals surface area (Å²) in [7, 11) is 0. The van der Waals surface area contributed by atoms with Crippen LogP contribution in [0.4, 0.5) is 0 Å². The van der Waals surface area contributed by atoms with Crippen LogP contribution in [0, 0.1) is 5.92 Å². The fourth-order valence-electron chi connectivity index (χ4n) is 1.81. The van der Waals surface area contributed by atoms with E-state index >= 15 is 0 Å². The summed E-state index contributed by atoms with van der Waals surface area (Å²) in [5.41, 5.74) is 0.122. The molecule has 1 aromatic carbocycles. The third-order valence-electron chi connectivity index (χ3n) is 3.03. The Balaban J connectivity index is 1.83. The van der Waals surface area contributed by atoms with Crippen LogP contribution in [0.5, 0.6) is 11.5 Å². The standard InChI is InChI=1S/C13H17NO3/c15-11-5-1-4-10(12(11)16)13(17)14-8-2-3-9-6-7-9/h1,4-5,9,15-16H,2-3,6-8H2,(H,14,17). The SMILES string of the molecule is O=C(NCCCC1CC1)c1cccc(O)c1O. The van der Waals surface area contributed by atoms with E-state index in [1.165, 1.54) is 31.0 Å². The molecule has 1 fully saturated rings. The molecule has 0 aliphatic heterocycles. The number of carbonyl (C=O) groups excluding carboxylic acids is 1. The van der Waals surface area contributed by atoms with Crippen LogP contribution in [0.25, 0.3) is 0 Å². The second-order valence-electron chi connectivity index (χ2n) is 4.51. The monoisotopic (exact) mass is 235 g/mol. The van der Waals surface area contributed by atoms with Gasteiger partial charge in [0.2, 0.25) is 0 Å². The Hall–Kier alpha value is -1.71. The van der Waals surface area contributed by atoms with Crippen molar-refractivity contribution in [1.29, 1.82) is 0 Å². The molecule has 0 saturated heterocycles. The van der Waals surface area contributed by atoms with Crippen molar-refractivity contribution in [2.75, 3.05) is 6.54 Å². The highest BCUT2D eigenvalue weighted by atomic mass is 16.3. The first kappa shape index (κ1) is 11.8. The highest BCUT2D eigenvalue weighted by Gasteiger charge is 2.20. The number of rotatable bonds is 5. The molecule has 0 unspecified atom stereocenters. The van der Waals surface area contributed by atoms with Crippen molar-refractivity contribution in [2.45, 2.75) is 25.7 Å². The van der Waals surface area contributed by atoms with Crippen molar-refractivity contribution in [3.63, 3.8) is 0 Å². The first-order valence-electron chi connectivity index (χ1n) is 5.97. The second kappa shape index (κ2) is 5.08. The topological polar surface area (TPSA) is 69.6 Å². The number of carbonyl (C=O) groups is 1. The number of aromatic hydroxyl groups is 2. The Morgan fingerprint density at radius 3 is 2.82 bits per heavy atom. The maximum atomic E-state index is 11.7. The first-order chi connectivity index (χ1) is 8.18. The fourth-order valence-corrected chi connectivity index (χ4v) is 1.81. The summed E-state index contributed by atoms with van der Waals surface area (Å²) >= 11 is 0. The molecule has 2 rings (SSSR count). The van der Waals surface area contributed by atoms with E-state index in [1.54, 1.807) is 0 Å². The molecule has 1 aliphatic rings. The summed E-state index contributed by atoms with van der Waals surface area (Å²) in [5, 5.41) is 21.5. The van der Waals surface area contributed by atoms with Crippen LogP contribution in [0.1, 0.15) is 36.0 Å². The Morgan fingerprint density at radius 1 is 1.35 bits per heavy atom. The van der Waals surface area contributed by atoms with Crippen molar-refractivity contribution in [3.8, 4) is 11.5 Å². The molecular formula is C13H17NO3. The predicted octanol–water partition coefficient (Wildman–Crippen LogP) is 2.02. The number of nitrogens with one attached hydrogen (secondary N) is 1. The third kappa shape index (κ3) is 3.12. The molecule has 1 aromatic rings. The maximum Gasteiger partial charge on any atom is 0.255 e. The average Bonchev–Trinajstić information content (AvgIpc) is 3.12. The number of phenols is 2. The van der Waals surface area contributed by atoms with Crippen LogP contribution in [-0.2, 0) is 0 Å². The number of phenolic OH excluding ortho intramolecular Hbond substituents is 2. The van der Waals surface area contributed by atoms with Crippen LogP contribution < -0.4 is 5.32 Å². The molecule has 0 bridgehead atoms. The minimum Gasteiger partial charge on any atom is -0.504 e. The highest BCUT2D eigenvalue weighted by molar-refractivity contribution is 5.97. The van der Waals surface area contributed by atoms with Gasteiger partial charge in [-0.05, 0) is 30.9 Å². The predicted molar refractivity (Wildman–Crippen MR) is 64.1 cm³/mol. The van der Waals surface area contributed by atoms with Crippen molar-refractivity contribution in [2.24, 2.45) is 5.92 Å². The minimum atomic E-state index is -0.354. The normalized spacial score (nSPS) is 14.6. The molecule has 4 nitrogen and oxygen atoms in total. The first-order valence-corrected chi connectivity index (χ1v) is 5.97. The van der Waals surface area contributed by atoms with E-state index in [-0.39, 0.29) is 23.0 Å². The smallest absolute Gasteiger partial charge is 0.255 e. The van der Waals surface area contributed by atoms with Crippen LogP contribution in [0.3, 0.4) is 0 Å². The zero-order chi connectivity index (χ0) is 12.3. The van der Waals surface area contributed by atoms with Gasteiger partial charge in [-0.25, -0.2) is 0 Å². The van der Waals surface area contributed by atoms with E-state index in [0.29, 0.717) is 6.54 Å². The van der Waals surface area contributed by atoms with Crippen LogP contribution in [-0.4, -0.2) is 22.7 Å². The molecule has 0 radical (unpaired) electrons. The van der Waals surface area contributed by atoms with E-state index in [0.717, 1.165) is 18.8 Å². The van der Waals surface area contributed by atoms with Gasteiger partial charge in [-0.15, -0.1) is 0 Å². The van der Waals surface area contributed by atoms with Gasteiger partial charge in [0.1, 0.15) is 0 Å². The quantitative estimate of drug-likeness (QED) is 0.540. The number of para-hydroxylation sites is 1. The number of amides is 1. The van der Waals surface area contributed by atoms with Crippen LogP contribution >= 0.6 is 0 Å². The summed E-state index contributed by atoms with van der Waals surface area (Å²) in [6.45, 7) is 0.616. The van der Waals surface area contributed by atoms with E-state index in [4.69, 9.17) is 0 Å². The van der Waals surface area contributed by atoms with Crippen molar-refractivity contribution < 1.29 is 15.0 Å². The van der Waals surface area contributed by atoms with Gasteiger partial charge in [-0.1, -0.05) is 18.9 Å². The molecule has 0 heterocycles. The van der Waals surface area contributed by atoms with E-state index in [9.17, 15) is 15.0 Å². The molecule has 92 valence electrons. The van der Waals surface area contributed by atoms with Crippen molar-refractivity contribution in [3.05, 3.63) is 23.8 Å². The summed E-state index contributed by atoms with van der Waals surface area (Å²) < 4.78 is 0. The van der Waals surface area contributed by atoms with Gasteiger partial charge in [-0.2, -0.15) is 0 Å². The zero-order valence-corrected chi connectivity index (χ0v) is 9.65. The average molecular weight is 235 g/mol. The van der Waals surface area contributed by atoms with Gasteiger partial charge in [0, 0.05) is 6.54 Å². The molecule has 0 aromatic heterocycles. The Kier molecular flexibility index (Phi) is 3.52. The van der Waals surface area contributed by atoms with Gasteiger partial charge >= 0.3 is 0 Å². The van der Waals surface area contributed by atoms with Gasteiger partial charge < -0.3 is 15.5 Å². The lowest BCUT2D eigenvalue weighted by Crippen LogP contribution is -2.24. The van der Waals surface area contributed by atoms with E-state index in [1.807, 2.05) is 0 Å². The molecule has 4 heteroatoms. The number of hydrogen-bond donors (Lipinski definition) is 3.